The summed E-state index contributed by atoms with van der Waals surface area (Å²) in [7, 11) is 0. The van der Waals surface area contributed by atoms with E-state index in [0.29, 0.717) is 41.8 Å². The van der Waals surface area contributed by atoms with Crippen LogP contribution in [0.1, 0.15) is 50.2 Å². The SMILES string of the molecule is CC(C)(C)OC(=O)N1CCN(c2cnc(/C=C/c3cnc4ccc(N5C[C@@H](F)C[C@@H]5c5cc(F)ccc5F)nn34)cn2)C(=C=O)C1. The van der Waals surface area contributed by atoms with Crippen molar-refractivity contribution in [3.63, 3.8) is 0 Å². The third kappa shape index (κ3) is 6.43. The number of anilines is 2. The minimum Gasteiger partial charge on any atom is -0.444 e. The van der Waals surface area contributed by atoms with Crippen LogP contribution in [0.15, 0.2) is 54.6 Å². The van der Waals surface area contributed by atoms with E-state index >= 15 is 0 Å². The number of piperazine rings is 1. The van der Waals surface area contributed by atoms with Gasteiger partial charge in [0, 0.05) is 25.1 Å². The van der Waals surface area contributed by atoms with Crippen LogP contribution in [0.25, 0.3) is 17.8 Å². The van der Waals surface area contributed by atoms with Crippen LogP contribution in [-0.2, 0) is 9.53 Å². The summed E-state index contributed by atoms with van der Waals surface area (Å²) in [6.45, 7) is 5.99. The molecule has 6 rings (SSSR count). The first-order chi connectivity index (χ1) is 22.0. The zero-order chi connectivity index (χ0) is 32.6. The normalized spacial score (nSPS) is 18.9. The molecule has 0 saturated carbocycles. The first-order valence-electron chi connectivity index (χ1n) is 14.7. The van der Waals surface area contributed by atoms with Crippen LogP contribution in [0.5, 0.6) is 0 Å². The number of amides is 1. The molecular weight excluding hydrogens is 601 g/mol. The van der Waals surface area contributed by atoms with Crippen molar-refractivity contribution in [1.29, 1.82) is 0 Å². The second-order valence-electron chi connectivity index (χ2n) is 12.0. The number of aromatic nitrogens is 5. The van der Waals surface area contributed by atoms with Crippen molar-refractivity contribution in [3.05, 3.63) is 83.2 Å². The molecule has 238 valence electrons. The van der Waals surface area contributed by atoms with Crippen LogP contribution >= 0.6 is 0 Å². The second kappa shape index (κ2) is 12.3. The molecule has 0 radical (unpaired) electrons. The van der Waals surface area contributed by atoms with E-state index in [0.717, 1.165) is 18.2 Å². The maximum Gasteiger partial charge on any atom is 0.410 e. The van der Waals surface area contributed by atoms with Crippen LogP contribution in [0.3, 0.4) is 0 Å². The van der Waals surface area contributed by atoms with Gasteiger partial charge in [-0.1, -0.05) is 0 Å². The van der Waals surface area contributed by atoms with Crippen LogP contribution in [0, 0.1) is 11.6 Å². The Kier molecular flexibility index (Phi) is 8.22. The molecule has 1 amide bonds. The fraction of sp³-hybridized carbons (Fsp3) is 0.344. The molecule has 2 saturated heterocycles. The van der Waals surface area contributed by atoms with Crippen molar-refractivity contribution in [3.8, 4) is 0 Å². The van der Waals surface area contributed by atoms with Crippen molar-refractivity contribution in [1.82, 2.24) is 29.5 Å². The molecule has 2 aliphatic heterocycles. The topological polar surface area (TPSA) is 109 Å². The molecule has 0 aliphatic carbocycles. The number of carbonyl (C=O) groups is 1. The molecule has 0 spiro atoms. The zero-order valence-electron chi connectivity index (χ0n) is 25.4. The first-order valence-corrected chi connectivity index (χ1v) is 14.7. The van der Waals surface area contributed by atoms with Gasteiger partial charge >= 0.3 is 6.09 Å². The average Bonchev–Trinajstić information content (AvgIpc) is 3.63. The number of ether oxygens (including phenoxy) is 1. The number of hydrogen-bond acceptors (Lipinski definition) is 9. The quantitative estimate of drug-likeness (QED) is 0.280. The van der Waals surface area contributed by atoms with E-state index < -0.39 is 35.5 Å². The molecule has 0 N–H and O–H groups in total. The molecular formula is C32H31F3N8O3. The van der Waals surface area contributed by atoms with Crippen molar-refractivity contribution in [2.45, 2.75) is 45.0 Å². The standard InChI is InChI=1S/C32H31F3N8O3/c1-32(2,3)46-31(45)40-10-11-41(24(18-40)19-44)30-16-36-22(14-37-30)5-6-23-15-38-28-8-9-29(39-43(23)28)42-17-21(34)13-27(42)25-12-20(33)4-7-26(25)35/h4-9,12,14-16,21,27H,10-11,13,17-18H2,1-3H3/b6-5+/t21-,27+/m0/s1. The average molecular weight is 633 g/mol. The molecule has 2 fully saturated rings. The summed E-state index contributed by atoms with van der Waals surface area (Å²) in [5.74, 6) is 1.53. The van der Waals surface area contributed by atoms with Gasteiger partial charge in [-0.25, -0.2) is 37.2 Å². The Morgan fingerprint density at radius 2 is 1.85 bits per heavy atom. The van der Waals surface area contributed by atoms with Crippen LogP contribution in [-0.4, -0.2) is 79.5 Å². The largest absolute Gasteiger partial charge is 0.444 e. The predicted molar refractivity (Wildman–Crippen MR) is 164 cm³/mol. The third-order valence-corrected chi connectivity index (χ3v) is 7.63. The van der Waals surface area contributed by atoms with Gasteiger partial charge in [-0.15, -0.1) is 5.10 Å². The summed E-state index contributed by atoms with van der Waals surface area (Å²) in [6.07, 6.45) is 6.40. The number of hydrogen-bond donors (Lipinski definition) is 0. The molecule has 11 nitrogen and oxygen atoms in total. The smallest absolute Gasteiger partial charge is 0.410 e. The lowest BCUT2D eigenvalue weighted by Crippen LogP contribution is -2.49. The third-order valence-electron chi connectivity index (χ3n) is 7.63. The van der Waals surface area contributed by atoms with Crippen molar-refractivity contribution in [2.24, 2.45) is 0 Å². The van der Waals surface area contributed by atoms with Gasteiger partial charge in [0.1, 0.15) is 40.9 Å². The van der Waals surface area contributed by atoms with E-state index in [1.54, 1.807) is 71.8 Å². The Morgan fingerprint density at radius 1 is 1.02 bits per heavy atom. The van der Waals surface area contributed by atoms with Gasteiger partial charge in [-0.05, 0) is 63.3 Å². The molecule has 46 heavy (non-hydrogen) atoms. The lowest BCUT2D eigenvalue weighted by Gasteiger charge is -2.36. The van der Waals surface area contributed by atoms with E-state index in [9.17, 15) is 22.8 Å². The van der Waals surface area contributed by atoms with Gasteiger partial charge in [-0.2, -0.15) is 0 Å². The highest BCUT2D eigenvalue weighted by Crippen LogP contribution is 2.38. The number of rotatable bonds is 5. The molecule has 14 heteroatoms. The van der Waals surface area contributed by atoms with Crippen LogP contribution < -0.4 is 9.80 Å². The maximum absolute atomic E-state index is 14.6. The van der Waals surface area contributed by atoms with Crippen molar-refractivity contribution < 1.29 is 27.5 Å². The summed E-state index contributed by atoms with van der Waals surface area (Å²) in [5, 5.41) is 4.65. The highest BCUT2D eigenvalue weighted by Gasteiger charge is 2.36. The van der Waals surface area contributed by atoms with E-state index in [2.05, 4.69) is 20.1 Å². The minimum atomic E-state index is -1.24. The molecule has 5 heterocycles. The van der Waals surface area contributed by atoms with Crippen LogP contribution in [0.4, 0.5) is 29.6 Å². The highest BCUT2D eigenvalue weighted by molar-refractivity contribution is 5.72. The summed E-state index contributed by atoms with van der Waals surface area (Å²) in [5.41, 5.74) is 1.30. The number of carbonyl (C=O) groups excluding carboxylic acids is 2. The van der Waals surface area contributed by atoms with E-state index in [1.165, 1.54) is 11.1 Å². The Morgan fingerprint density at radius 3 is 2.59 bits per heavy atom. The Hall–Kier alpha value is -5.23. The monoisotopic (exact) mass is 632 g/mol. The van der Waals surface area contributed by atoms with Gasteiger partial charge in [0.05, 0.1) is 49.1 Å². The van der Waals surface area contributed by atoms with E-state index in [4.69, 9.17) is 4.74 Å². The molecule has 3 aromatic heterocycles. The number of nitrogens with zero attached hydrogens (tertiary/aromatic N) is 8. The summed E-state index contributed by atoms with van der Waals surface area (Å²) in [6, 6.07) is 5.86. The summed E-state index contributed by atoms with van der Waals surface area (Å²) < 4.78 is 50.1. The van der Waals surface area contributed by atoms with Gasteiger partial charge < -0.3 is 14.5 Å². The molecule has 2 atom stereocenters. The number of imidazole rings is 1. The predicted octanol–water partition coefficient (Wildman–Crippen LogP) is 5.03. The Balaban J connectivity index is 1.18. The lowest BCUT2D eigenvalue weighted by molar-refractivity contribution is 0.0258. The summed E-state index contributed by atoms with van der Waals surface area (Å²) >= 11 is 0. The van der Waals surface area contributed by atoms with E-state index in [1.807, 2.05) is 5.94 Å². The van der Waals surface area contributed by atoms with Gasteiger partial charge in [0.2, 0.25) is 0 Å². The van der Waals surface area contributed by atoms with Gasteiger partial charge in [0.25, 0.3) is 0 Å². The number of halogens is 3. The van der Waals surface area contributed by atoms with Crippen molar-refractivity contribution in [2.75, 3.05) is 36.0 Å². The van der Waals surface area contributed by atoms with Gasteiger partial charge in [0.15, 0.2) is 11.5 Å². The number of alkyl halides is 1. The minimum absolute atomic E-state index is 0.00893. The summed E-state index contributed by atoms with van der Waals surface area (Å²) in [4.78, 5) is 42.2. The molecule has 1 aromatic carbocycles. The first kappa shape index (κ1) is 30.8. The molecule has 0 bridgehead atoms. The van der Waals surface area contributed by atoms with Crippen LogP contribution in [0.2, 0.25) is 0 Å². The fourth-order valence-electron chi connectivity index (χ4n) is 5.50. The molecule has 0 unspecified atom stereocenters. The Labute approximate surface area is 262 Å². The Bertz CT molecular complexity index is 1850. The molecule has 4 aromatic rings. The number of fused-ring (bicyclic) bond motifs is 1. The van der Waals surface area contributed by atoms with Gasteiger partial charge in [-0.3, -0.25) is 9.88 Å². The fourth-order valence-corrected chi connectivity index (χ4v) is 5.50. The zero-order valence-corrected chi connectivity index (χ0v) is 25.4. The number of benzene rings is 1. The second-order valence-corrected chi connectivity index (χ2v) is 12.0. The molecule has 2 aliphatic rings. The van der Waals surface area contributed by atoms with E-state index in [-0.39, 0.29) is 30.8 Å². The lowest BCUT2D eigenvalue weighted by atomic mass is 10.0. The van der Waals surface area contributed by atoms with Crippen molar-refractivity contribution >= 4 is 41.5 Å². The maximum atomic E-state index is 14.6. The highest BCUT2D eigenvalue weighted by atomic mass is 19.1.